The van der Waals surface area contributed by atoms with Crippen molar-refractivity contribution in [3.8, 4) is 0 Å². The second kappa shape index (κ2) is 2.98. The van der Waals surface area contributed by atoms with Gasteiger partial charge in [-0.15, -0.1) is 0 Å². The van der Waals surface area contributed by atoms with Crippen molar-refractivity contribution in [3.05, 3.63) is 22.2 Å². The fraction of sp³-hybridized carbons (Fsp3) is 0.556. The van der Waals surface area contributed by atoms with E-state index in [2.05, 4.69) is 15.9 Å². The minimum atomic E-state index is -0.759. The lowest BCUT2D eigenvalue weighted by atomic mass is 9.95. The molecule has 0 aliphatic heterocycles. The van der Waals surface area contributed by atoms with Crippen molar-refractivity contribution in [2.45, 2.75) is 25.0 Å². The van der Waals surface area contributed by atoms with E-state index in [1.165, 1.54) is 0 Å². The number of aliphatic hydroxyl groups excluding tert-OH is 2. The van der Waals surface area contributed by atoms with Crippen molar-refractivity contribution in [3.63, 3.8) is 0 Å². The predicted molar refractivity (Wildman–Crippen MR) is 49.8 cm³/mol. The van der Waals surface area contributed by atoms with E-state index < -0.39 is 12.2 Å². The molecule has 2 N–H and O–H groups in total. The number of rotatable bonds is 1. The Morgan fingerprint density at radius 3 is 2.42 bits per heavy atom. The summed E-state index contributed by atoms with van der Waals surface area (Å²) < 4.78 is 0.666. The SMILES string of the molecule is O[C@@H]1C(C2CC2)=CC=C(Br)[C@@H]1O. The van der Waals surface area contributed by atoms with Gasteiger partial charge in [0.1, 0.15) is 12.2 Å². The van der Waals surface area contributed by atoms with Gasteiger partial charge in [0.05, 0.1) is 0 Å². The Morgan fingerprint density at radius 1 is 1.17 bits per heavy atom. The van der Waals surface area contributed by atoms with E-state index >= 15 is 0 Å². The molecule has 0 aromatic rings. The molecule has 66 valence electrons. The van der Waals surface area contributed by atoms with Crippen LogP contribution in [0.1, 0.15) is 12.8 Å². The minimum Gasteiger partial charge on any atom is -0.386 e. The van der Waals surface area contributed by atoms with Crippen LogP contribution in [0.3, 0.4) is 0 Å². The number of halogens is 1. The van der Waals surface area contributed by atoms with Gasteiger partial charge in [0, 0.05) is 4.48 Å². The molecule has 1 saturated carbocycles. The summed E-state index contributed by atoms with van der Waals surface area (Å²) in [4.78, 5) is 0. The Kier molecular flexibility index (Phi) is 2.10. The Morgan fingerprint density at radius 2 is 1.83 bits per heavy atom. The molecule has 3 heteroatoms. The average Bonchev–Trinajstić information content (AvgIpc) is 2.84. The molecule has 1 fully saturated rings. The first-order chi connectivity index (χ1) is 5.70. The molecule has 2 aliphatic carbocycles. The van der Waals surface area contributed by atoms with Gasteiger partial charge in [0.25, 0.3) is 0 Å². The predicted octanol–water partition coefficient (Wildman–Crippen LogP) is 1.34. The van der Waals surface area contributed by atoms with E-state index in [1.54, 1.807) is 0 Å². The standard InChI is InChI=1S/C9H11BrO2/c10-7-4-3-6(5-1-2-5)8(11)9(7)12/h3-5,8-9,11-12H,1-2H2/t8-,9+/m1/s1. The zero-order chi connectivity index (χ0) is 8.72. The molecular formula is C9H11BrO2. The second-order valence-electron chi connectivity index (χ2n) is 3.38. The smallest absolute Gasteiger partial charge is 0.115 e. The summed E-state index contributed by atoms with van der Waals surface area (Å²) in [6, 6.07) is 0. The van der Waals surface area contributed by atoms with Gasteiger partial charge in [0.2, 0.25) is 0 Å². The van der Waals surface area contributed by atoms with E-state index in [-0.39, 0.29) is 0 Å². The van der Waals surface area contributed by atoms with E-state index in [1.807, 2.05) is 12.2 Å². The van der Waals surface area contributed by atoms with Gasteiger partial charge in [-0.1, -0.05) is 22.0 Å². The quantitative estimate of drug-likeness (QED) is 0.714. The monoisotopic (exact) mass is 230 g/mol. The Hall–Kier alpha value is -0.120. The van der Waals surface area contributed by atoms with Crippen LogP contribution in [0.4, 0.5) is 0 Å². The van der Waals surface area contributed by atoms with E-state index in [0.717, 1.165) is 18.4 Å². The summed E-state index contributed by atoms with van der Waals surface area (Å²) in [6.07, 6.45) is 4.59. The third-order valence-corrected chi connectivity index (χ3v) is 3.14. The number of hydrogen-bond donors (Lipinski definition) is 2. The molecule has 0 aromatic heterocycles. The Balaban J connectivity index is 2.22. The van der Waals surface area contributed by atoms with Crippen molar-refractivity contribution < 1.29 is 10.2 Å². The molecule has 0 aromatic carbocycles. The lowest BCUT2D eigenvalue weighted by Gasteiger charge is -2.23. The lowest BCUT2D eigenvalue weighted by molar-refractivity contribution is 0.0662. The zero-order valence-electron chi connectivity index (χ0n) is 6.57. The van der Waals surface area contributed by atoms with Crippen LogP contribution in [-0.2, 0) is 0 Å². The lowest BCUT2D eigenvalue weighted by Crippen LogP contribution is -2.30. The highest BCUT2D eigenvalue weighted by Crippen LogP contribution is 2.41. The van der Waals surface area contributed by atoms with Crippen LogP contribution in [0.15, 0.2) is 22.2 Å². The average molecular weight is 231 g/mol. The number of allylic oxidation sites excluding steroid dienone is 2. The van der Waals surface area contributed by atoms with E-state index in [9.17, 15) is 10.2 Å². The molecule has 0 spiro atoms. The molecule has 2 rings (SSSR count). The van der Waals surface area contributed by atoms with Gasteiger partial charge in [-0.3, -0.25) is 0 Å². The van der Waals surface area contributed by atoms with Gasteiger partial charge in [-0.2, -0.15) is 0 Å². The van der Waals surface area contributed by atoms with Crippen molar-refractivity contribution in [1.82, 2.24) is 0 Å². The van der Waals surface area contributed by atoms with Crippen molar-refractivity contribution in [2.75, 3.05) is 0 Å². The van der Waals surface area contributed by atoms with Gasteiger partial charge in [-0.25, -0.2) is 0 Å². The van der Waals surface area contributed by atoms with Crippen LogP contribution in [0.25, 0.3) is 0 Å². The molecule has 0 unspecified atom stereocenters. The molecule has 0 heterocycles. The van der Waals surface area contributed by atoms with Crippen LogP contribution in [0.5, 0.6) is 0 Å². The third kappa shape index (κ3) is 1.37. The van der Waals surface area contributed by atoms with Gasteiger partial charge in [-0.05, 0) is 30.4 Å². The summed E-state index contributed by atoms with van der Waals surface area (Å²) in [5.41, 5.74) is 0.991. The summed E-state index contributed by atoms with van der Waals surface area (Å²) in [6.45, 7) is 0. The van der Waals surface area contributed by atoms with Crippen LogP contribution < -0.4 is 0 Å². The molecule has 2 aliphatic rings. The van der Waals surface area contributed by atoms with Crippen molar-refractivity contribution in [1.29, 1.82) is 0 Å². The summed E-state index contributed by atoms with van der Waals surface area (Å²) >= 11 is 3.20. The highest BCUT2D eigenvalue weighted by molar-refractivity contribution is 9.11. The molecular weight excluding hydrogens is 220 g/mol. The van der Waals surface area contributed by atoms with Crippen LogP contribution >= 0.6 is 15.9 Å². The maximum absolute atomic E-state index is 9.63. The molecule has 12 heavy (non-hydrogen) atoms. The first-order valence-electron chi connectivity index (χ1n) is 4.13. The van der Waals surface area contributed by atoms with Crippen molar-refractivity contribution >= 4 is 15.9 Å². The molecule has 2 atom stereocenters. The second-order valence-corrected chi connectivity index (χ2v) is 4.30. The maximum Gasteiger partial charge on any atom is 0.115 e. The van der Waals surface area contributed by atoms with Crippen LogP contribution in [0, 0.1) is 5.92 Å². The number of aliphatic hydroxyl groups is 2. The zero-order valence-corrected chi connectivity index (χ0v) is 8.16. The van der Waals surface area contributed by atoms with Crippen molar-refractivity contribution in [2.24, 2.45) is 5.92 Å². The van der Waals surface area contributed by atoms with Crippen LogP contribution in [0.2, 0.25) is 0 Å². The van der Waals surface area contributed by atoms with E-state index in [0.29, 0.717) is 10.4 Å². The summed E-state index contributed by atoms with van der Waals surface area (Å²) in [5, 5.41) is 19.1. The maximum atomic E-state index is 9.63. The third-order valence-electron chi connectivity index (χ3n) is 2.41. The molecule has 0 amide bonds. The molecule has 0 saturated heterocycles. The highest BCUT2D eigenvalue weighted by atomic mass is 79.9. The number of hydrogen-bond acceptors (Lipinski definition) is 2. The normalized spacial score (nSPS) is 35.9. The topological polar surface area (TPSA) is 40.5 Å². The Labute approximate surface area is 79.7 Å². The fourth-order valence-corrected chi connectivity index (χ4v) is 1.88. The van der Waals surface area contributed by atoms with Gasteiger partial charge < -0.3 is 10.2 Å². The highest BCUT2D eigenvalue weighted by Gasteiger charge is 2.35. The first-order valence-corrected chi connectivity index (χ1v) is 4.92. The fourth-order valence-electron chi connectivity index (χ4n) is 1.50. The van der Waals surface area contributed by atoms with E-state index in [4.69, 9.17) is 0 Å². The molecule has 0 bridgehead atoms. The van der Waals surface area contributed by atoms with Crippen LogP contribution in [-0.4, -0.2) is 22.4 Å². The molecule has 0 radical (unpaired) electrons. The minimum absolute atomic E-state index is 0.520. The van der Waals surface area contributed by atoms with Gasteiger partial charge >= 0.3 is 0 Å². The Bertz CT molecular complexity index is 253. The summed E-state index contributed by atoms with van der Waals surface area (Å²) in [7, 11) is 0. The largest absolute Gasteiger partial charge is 0.386 e. The van der Waals surface area contributed by atoms with Gasteiger partial charge in [0.15, 0.2) is 0 Å². The molecule has 2 nitrogen and oxygen atoms in total. The first kappa shape index (κ1) is 8.48. The summed E-state index contributed by atoms with van der Waals surface area (Å²) in [5.74, 6) is 0.520.